The third-order valence-corrected chi connectivity index (χ3v) is 7.78. The monoisotopic (exact) mass is 605 g/mol. The highest BCUT2D eigenvalue weighted by Gasteiger charge is 2.52. The Morgan fingerprint density at radius 1 is 0.867 bits per heavy atom. The van der Waals surface area contributed by atoms with Crippen LogP contribution in [0.3, 0.4) is 0 Å². The summed E-state index contributed by atoms with van der Waals surface area (Å²) >= 11 is 0. The fraction of sp³-hybridized carbons (Fsp3) is 0.171. The van der Waals surface area contributed by atoms with Crippen molar-refractivity contribution in [3.05, 3.63) is 125 Å². The fourth-order valence-corrected chi connectivity index (χ4v) is 5.30. The number of aliphatic hydroxyl groups excluding tert-OH is 1. The molecule has 0 saturated heterocycles. The van der Waals surface area contributed by atoms with Gasteiger partial charge in [0.05, 0.1) is 12.2 Å². The average molecular weight is 606 g/mol. The van der Waals surface area contributed by atoms with Crippen LogP contribution in [0.2, 0.25) is 0 Å². The lowest BCUT2D eigenvalue weighted by molar-refractivity contribution is -0.139. The van der Waals surface area contributed by atoms with Crippen molar-refractivity contribution in [3.63, 3.8) is 0 Å². The molecule has 4 aromatic carbocycles. The fourth-order valence-electron chi connectivity index (χ4n) is 5.30. The van der Waals surface area contributed by atoms with Gasteiger partial charge in [0.25, 0.3) is 17.7 Å². The maximum absolute atomic E-state index is 14.0. The van der Waals surface area contributed by atoms with Crippen LogP contribution >= 0.6 is 0 Å². The Hall–Kier alpha value is -5.45. The van der Waals surface area contributed by atoms with Gasteiger partial charge in [-0.15, -0.1) is 0 Å². The second-order valence-electron chi connectivity index (χ2n) is 11.0. The molecule has 1 heterocycles. The van der Waals surface area contributed by atoms with Crippen molar-refractivity contribution in [1.29, 1.82) is 0 Å². The number of amides is 3. The van der Waals surface area contributed by atoms with Crippen LogP contribution in [-0.2, 0) is 16.9 Å². The number of anilines is 5. The predicted molar refractivity (Wildman–Crippen MR) is 176 cm³/mol. The highest BCUT2D eigenvalue weighted by molar-refractivity contribution is 6.09. The molecular weight excluding hydrogens is 570 g/mol. The van der Waals surface area contributed by atoms with Crippen LogP contribution in [0, 0.1) is 5.92 Å². The first-order valence-corrected chi connectivity index (χ1v) is 14.5. The maximum atomic E-state index is 14.0. The Balaban J connectivity index is 1.44. The third-order valence-electron chi connectivity index (χ3n) is 7.78. The molecule has 2 atom stereocenters. The van der Waals surface area contributed by atoms with Gasteiger partial charge in [-0.3, -0.25) is 14.4 Å². The van der Waals surface area contributed by atoms with E-state index in [1.807, 2.05) is 6.07 Å². The van der Waals surface area contributed by atoms with Crippen LogP contribution in [0.15, 0.2) is 103 Å². The summed E-state index contributed by atoms with van der Waals surface area (Å²) in [5, 5.41) is 27.0. The van der Waals surface area contributed by atoms with Crippen LogP contribution in [0.1, 0.15) is 45.2 Å². The summed E-state index contributed by atoms with van der Waals surface area (Å²) in [4.78, 5) is 41.2. The standard InChI is InChI=1S/C35H35N5O5/c1-22(5-2-3-18-41)35(45)30-20-29(39-33(43)25-10-14-27(37)15-11-25)16-17-31(30)40(34(35)44)21-23-6-4-7-28(19-23)38-32(42)24-8-12-26(36)13-9-24/h2,4-17,19-20,22,41,45H,3,18,21,36-37H2,1H3,(H,38,42)(H,39,43)/b5-2+/t22-,35+/m1/s1. The Kier molecular flexibility index (Phi) is 8.98. The van der Waals surface area contributed by atoms with Gasteiger partial charge in [-0.1, -0.05) is 31.2 Å². The average Bonchev–Trinajstić information content (AvgIpc) is 3.24. The van der Waals surface area contributed by atoms with E-state index in [1.165, 1.54) is 4.90 Å². The lowest BCUT2D eigenvalue weighted by atomic mass is 9.82. The molecule has 1 aliphatic rings. The number of rotatable bonds is 10. The largest absolute Gasteiger partial charge is 0.399 e. The highest BCUT2D eigenvalue weighted by atomic mass is 16.3. The number of nitrogens with one attached hydrogen (secondary N) is 2. The number of nitrogen functional groups attached to an aromatic ring is 2. The molecule has 0 spiro atoms. The molecule has 0 bridgehead atoms. The van der Waals surface area contributed by atoms with Crippen molar-refractivity contribution < 1.29 is 24.6 Å². The predicted octanol–water partition coefficient (Wildman–Crippen LogP) is 4.66. The molecule has 45 heavy (non-hydrogen) atoms. The summed E-state index contributed by atoms with van der Waals surface area (Å²) in [6.07, 6.45) is 3.80. The van der Waals surface area contributed by atoms with E-state index in [0.717, 1.165) is 5.56 Å². The highest BCUT2D eigenvalue weighted by Crippen LogP contribution is 2.47. The summed E-state index contributed by atoms with van der Waals surface area (Å²) in [6, 6.07) is 25.2. The molecule has 5 rings (SSSR count). The second-order valence-corrected chi connectivity index (χ2v) is 11.0. The number of aliphatic hydroxyl groups is 2. The van der Waals surface area contributed by atoms with Gasteiger partial charge < -0.3 is 37.2 Å². The molecule has 0 fully saturated rings. The third kappa shape index (κ3) is 6.57. The van der Waals surface area contributed by atoms with Gasteiger partial charge >= 0.3 is 0 Å². The van der Waals surface area contributed by atoms with Gasteiger partial charge in [0.1, 0.15) is 0 Å². The van der Waals surface area contributed by atoms with Crippen molar-refractivity contribution in [1.82, 2.24) is 0 Å². The van der Waals surface area contributed by atoms with Crippen LogP contribution in [0.4, 0.5) is 28.4 Å². The molecule has 0 saturated carbocycles. The number of hydrogen-bond acceptors (Lipinski definition) is 7. The van der Waals surface area contributed by atoms with Gasteiger partial charge in [-0.25, -0.2) is 0 Å². The summed E-state index contributed by atoms with van der Waals surface area (Å²) in [5.74, 6) is -1.86. The van der Waals surface area contributed by atoms with Gasteiger partial charge in [0, 0.05) is 52.0 Å². The maximum Gasteiger partial charge on any atom is 0.264 e. The quantitative estimate of drug-likeness (QED) is 0.113. The van der Waals surface area contributed by atoms with Crippen molar-refractivity contribution in [3.8, 4) is 0 Å². The Bertz CT molecular complexity index is 1750. The number of carbonyl (C=O) groups is 3. The van der Waals surface area contributed by atoms with Gasteiger partial charge in [-0.05, 0) is 90.8 Å². The molecule has 0 aliphatic carbocycles. The number of nitrogens with zero attached hydrogens (tertiary/aromatic N) is 1. The van der Waals surface area contributed by atoms with E-state index < -0.39 is 17.4 Å². The smallest absolute Gasteiger partial charge is 0.264 e. The summed E-state index contributed by atoms with van der Waals surface area (Å²) in [7, 11) is 0. The molecular formula is C35H35N5O5. The van der Waals surface area contributed by atoms with E-state index in [2.05, 4.69) is 10.6 Å². The minimum absolute atomic E-state index is 0.0647. The number of hydrogen-bond donors (Lipinski definition) is 6. The summed E-state index contributed by atoms with van der Waals surface area (Å²) in [6.45, 7) is 1.78. The first-order chi connectivity index (χ1) is 21.6. The Morgan fingerprint density at radius 3 is 2.02 bits per heavy atom. The zero-order chi connectivity index (χ0) is 32.1. The second kappa shape index (κ2) is 13.0. The van der Waals surface area contributed by atoms with Crippen LogP contribution < -0.4 is 27.0 Å². The van der Waals surface area contributed by atoms with E-state index in [-0.39, 0.29) is 25.0 Å². The molecule has 1 aliphatic heterocycles. The normalized spacial score (nSPS) is 16.4. The van der Waals surface area contributed by atoms with Crippen LogP contribution in [0.5, 0.6) is 0 Å². The van der Waals surface area contributed by atoms with Crippen molar-refractivity contribution in [2.75, 3.05) is 33.6 Å². The first-order valence-electron chi connectivity index (χ1n) is 14.5. The van der Waals surface area contributed by atoms with Crippen molar-refractivity contribution in [2.24, 2.45) is 5.92 Å². The topological polar surface area (TPSA) is 171 Å². The molecule has 0 radical (unpaired) electrons. The first kappa shape index (κ1) is 31.0. The van der Waals surface area contributed by atoms with Gasteiger partial charge in [0.15, 0.2) is 5.60 Å². The number of benzene rings is 4. The number of fused-ring (bicyclic) bond motifs is 1. The molecule has 0 aromatic heterocycles. The van der Waals surface area contributed by atoms with E-state index in [4.69, 9.17) is 11.5 Å². The van der Waals surface area contributed by atoms with Crippen LogP contribution in [-0.4, -0.2) is 34.5 Å². The molecule has 230 valence electrons. The Morgan fingerprint density at radius 2 is 1.44 bits per heavy atom. The Labute approximate surface area is 261 Å². The van der Waals surface area contributed by atoms with E-state index in [0.29, 0.717) is 51.5 Å². The molecule has 3 amide bonds. The zero-order valence-corrected chi connectivity index (χ0v) is 24.7. The minimum Gasteiger partial charge on any atom is -0.399 e. The lowest BCUT2D eigenvalue weighted by Gasteiger charge is -2.28. The van der Waals surface area contributed by atoms with Gasteiger partial charge in [-0.2, -0.15) is 0 Å². The van der Waals surface area contributed by atoms with Crippen LogP contribution in [0.25, 0.3) is 0 Å². The SMILES string of the molecule is C[C@H](/C=C/CCO)[C@@]1(O)C(=O)N(Cc2cccc(NC(=O)c3ccc(N)cc3)c2)c2ccc(NC(=O)c3ccc(N)cc3)cc21. The van der Waals surface area contributed by atoms with Gasteiger partial charge in [0.2, 0.25) is 0 Å². The number of nitrogens with two attached hydrogens (primary N) is 2. The molecule has 4 aromatic rings. The summed E-state index contributed by atoms with van der Waals surface area (Å²) < 4.78 is 0. The van der Waals surface area contributed by atoms with E-state index in [9.17, 15) is 24.6 Å². The minimum atomic E-state index is -1.94. The number of carbonyl (C=O) groups excluding carboxylic acids is 3. The molecule has 10 nitrogen and oxygen atoms in total. The molecule has 8 N–H and O–H groups in total. The van der Waals surface area contributed by atoms with E-state index in [1.54, 1.807) is 104 Å². The van der Waals surface area contributed by atoms with E-state index >= 15 is 0 Å². The van der Waals surface area contributed by atoms with Crippen molar-refractivity contribution >= 4 is 46.2 Å². The van der Waals surface area contributed by atoms with Crippen molar-refractivity contribution in [2.45, 2.75) is 25.5 Å². The summed E-state index contributed by atoms with van der Waals surface area (Å²) in [5.41, 5.74) is 14.0. The molecule has 0 unspecified atom stereocenters. The molecule has 10 heteroatoms. The zero-order valence-electron chi connectivity index (χ0n) is 24.7. The lowest BCUT2D eigenvalue weighted by Crippen LogP contribution is -2.44.